The Balaban J connectivity index is 0.00000156. The van der Waals surface area contributed by atoms with Gasteiger partial charge in [0.25, 0.3) is 0 Å². The molecule has 0 amide bonds. The van der Waals surface area contributed by atoms with Crippen LogP contribution in [0.5, 0.6) is 0 Å². The fourth-order valence-corrected chi connectivity index (χ4v) is 6.31. The smallest absolute Gasteiger partial charge is 0.330 e. The number of rotatable bonds is 9. The number of hydrogen-bond acceptors (Lipinski definition) is 8. The molecular formula is C25H33N7O3S2. The van der Waals surface area contributed by atoms with E-state index in [9.17, 15) is 9.00 Å². The molecule has 0 aliphatic heterocycles. The van der Waals surface area contributed by atoms with Gasteiger partial charge in [0, 0.05) is 23.7 Å². The molecule has 1 aliphatic carbocycles. The lowest BCUT2D eigenvalue weighted by Gasteiger charge is -2.05. The van der Waals surface area contributed by atoms with Crippen LogP contribution in [0.15, 0.2) is 40.0 Å². The molecule has 1 saturated carbocycles. The Morgan fingerprint density at radius 2 is 1.89 bits per heavy atom. The second kappa shape index (κ2) is 11.5. The second-order valence-electron chi connectivity index (χ2n) is 8.53. The van der Waals surface area contributed by atoms with Crippen molar-refractivity contribution in [2.24, 2.45) is 5.92 Å². The van der Waals surface area contributed by atoms with E-state index >= 15 is 0 Å². The number of nitrogens with two attached hydrogens (primary N) is 1. The van der Waals surface area contributed by atoms with Gasteiger partial charge in [0.05, 0.1) is 7.11 Å². The zero-order chi connectivity index (χ0) is 26.7. The summed E-state index contributed by atoms with van der Waals surface area (Å²) in [7, 11) is 1.62. The van der Waals surface area contributed by atoms with Gasteiger partial charge in [0.1, 0.15) is 15.3 Å². The molecule has 0 saturated heterocycles. The van der Waals surface area contributed by atoms with Crippen molar-refractivity contribution in [3.05, 3.63) is 52.2 Å². The Morgan fingerprint density at radius 3 is 2.51 bits per heavy atom. The number of methoxy groups -OCH3 is 1. The molecule has 0 bridgehead atoms. The standard InChI is InChI=1S/C23H27N7O3S2.C2H6/c1-4-17(33-3)19-25-21-18-20(26-22(24)30(21)27-19)28(23(31)29(18)13-15-7-8-15)11-12-34-35(32)16-9-5-14(2)6-10-16;1-2/h4-6,9-10,15H,7-8,11-13H2,1-3H3,(H2,24,26);1-2H3/b17-4-;. The number of allylic oxidation sites excluding steroid dienone is 1. The first kappa shape index (κ1) is 26.9. The Labute approximate surface area is 221 Å². The van der Waals surface area contributed by atoms with E-state index in [0.29, 0.717) is 53.2 Å². The van der Waals surface area contributed by atoms with Gasteiger partial charge in [-0.25, -0.2) is 14.0 Å². The zero-order valence-corrected chi connectivity index (χ0v) is 23.4. The number of aromatic nitrogens is 6. The van der Waals surface area contributed by atoms with Crippen LogP contribution in [-0.4, -0.2) is 45.8 Å². The van der Waals surface area contributed by atoms with Crippen LogP contribution < -0.4 is 11.4 Å². The third-order valence-electron chi connectivity index (χ3n) is 6.01. The quantitative estimate of drug-likeness (QED) is 0.248. The SMILES string of the molecule is C/C=C(\OC)c1nc2c3c(nc(N)n2n1)n(CCSS(=O)c1ccc(C)cc1)c(=O)n3CC1CC1.CC. The average molecular weight is 544 g/mol. The van der Waals surface area contributed by atoms with Gasteiger partial charge in [-0.1, -0.05) is 42.3 Å². The molecule has 2 N–H and O–H groups in total. The van der Waals surface area contributed by atoms with E-state index < -0.39 is 9.83 Å². The highest BCUT2D eigenvalue weighted by Crippen LogP contribution is 2.32. The first-order valence-electron chi connectivity index (χ1n) is 12.4. The first-order valence-corrected chi connectivity index (χ1v) is 15.0. The molecular weight excluding hydrogens is 510 g/mol. The van der Waals surface area contributed by atoms with Crippen LogP contribution >= 0.6 is 10.8 Å². The maximum Gasteiger partial charge on any atom is 0.330 e. The summed E-state index contributed by atoms with van der Waals surface area (Å²) in [5.41, 5.74) is 8.71. The number of benzene rings is 1. The van der Waals surface area contributed by atoms with Gasteiger partial charge in [-0.05, 0) is 50.8 Å². The number of nitrogens with zero attached hydrogens (tertiary/aromatic N) is 6. The summed E-state index contributed by atoms with van der Waals surface area (Å²) in [5, 5.41) is 4.46. The summed E-state index contributed by atoms with van der Waals surface area (Å²) in [5.74, 6) is 1.94. The zero-order valence-electron chi connectivity index (χ0n) is 21.8. The van der Waals surface area contributed by atoms with Crippen molar-refractivity contribution in [3.63, 3.8) is 0 Å². The van der Waals surface area contributed by atoms with Crippen molar-refractivity contribution in [2.75, 3.05) is 18.6 Å². The Hall–Kier alpha value is -3.12. The van der Waals surface area contributed by atoms with Gasteiger partial charge in [0.15, 0.2) is 17.1 Å². The molecule has 4 aromatic rings. The molecule has 3 aromatic heterocycles. The largest absolute Gasteiger partial charge is 0.493 e. The highest BCUT2D eigenvalue weighted by molar-refractivity contribution is 8.69. The number of nitrogen functional groups attached to an aromatic ring is 1. The van der Waals surface area contributed by atoms with Crippen molar-refractivity contribution in [3.8, 4) is 0 Å². The summed E-state index contributed by atoms with van der Waals surface area (Å²) >= 11 is 0. The number of imidazole rings is 1. The van der Waals surface area contributed by atoms with Gasteiger partial charge >= 0.3 is 5.69 Å². The fourth-order valence-electron chi connectivity index (χ4n) is 3.99. The summed E-state index contributed by atoms with van der Waals surface area (Å²) in [6, 6.07) is 7.62. The van der Waals surface area contributed by atoms with Crippen LogP contribution in [0.4, 0.5) is 5.95 Å². The summed E-state index contributed by atoms with van der Waals surface area (Å²) in [6.07, 6.45) is 3.95. The number of fused-ring (bicyclic) bond motifs is 3. The lowest BCUT2D eigenvalue weighted by molar-refractivity contribution is 0.365. The van der Waals surface area contributed by atoms with Crippen LogP contribution in [-0.2, 0) is 27.7 Å². The molecule has 1 aliphatic rings. The molecule has 0 spiro atoms. The molecule has 1 fully saturated rings. The van der Waals surface area contributed by atoms with Gasteiger partial charge in [-0.15, -0.1) is 5.10 Å². The highest BCUT2D eigenvalue weighted by Gasteiger charge is 2.28. The van der Waals surface area contributed by atoms with Crippen LogP contribution in [0.3, 0.4) is 0 Å². The van der Waals surface area contributed by atoms with Gasteiger partial charge in [-0.2, -0.15) is 9.50 Å². The van der Waals surface area contributed by atoms with Crippen LogP contribution in [0.25, 0.3) is 22.6 Å². The van der Waals surface area contributed by atoms with E-state index in [4.69, 9.17) is 10.5 Å². The molecule has 198 valence electrons. The lowest BCUT2D eigenvalue weighted by Crippen LogP contribution is -2.26. The molecule has 1 atom stereocenters. The molecule has 3 heterocycles. The predicted molar refractivity (Wildman–Crippen MR) is 150 cm³/mol. The van der Waals surface area contributed by atoms with Crippen LogP contribution in [0.2, 0.25) is 0 Å². The van der Waals surface area contributed by atoms with Crippen LogP contribution in [0.1, 0.15) is 45.0 Å². The maximum absolute atomic E-state index is 13.5. The molecule has 12 heteroatoms. The minimum Gasteiger partial charge on any atom is -0.493 e. The van der Waals surface area contributed by atoms with E-state index in [1.807, 2.05) is 52.0 Å². The number of anilines is 1. The topological polar surface area (TPSA) is 122 Å². The van der Waals surface area contributed by atoms with Gasteiger partial charge < -0.3 is 10.5 Å². The molecule has 37 heavy (non-hydrogen) atoms. The van der Waals surface area contributed by atoms with E-state index in [2.05, 4.69) is 15.1 Å². The summed E-state index contributed by atoms with van der Waals surface area (Å²) < 4.78 is 22.9. The van der Waals surface area contributed by atoms with E-state index in [-0.39, 0.29) is 11.6 Å². The lowest BCUT2D eigenvalue weighted by atomic mass is 10.2. The molecule has 5 rings (SSSR count). The summed E-state index contributed by atoms with van der Waals surface area (Å²) in [4.78, 5) is 23.5. The Bertz CT molecular complexity index is 1520. The van der Waals surface area contributed by atoms with Crippen molar-refractivity contribution in [2.45, 2.75) is 58.5 Å². The Kier molecular flexibility index (Phi) is 8.38. The Morgan fingerprint density at radius 1 is 1.19 bits per heavy atom. The molecule has 1 aromatic carbocycles. The third-order valence-corrected chi connectivity index (χ3v) is 8.95. The van der Waals surface area contributed by atoms with Crippen LogP contribution in [0, 0.1) is 12.8 Å². The van der Waals surface area contributed by atoms with Gasteiger partial charge in [0.2, 0.25) is 11.8 Å². The minimum absolute atomic E-state index is 0.131. The number of hydrogen-bond donors (Lipinski definition) is 1. The predicted octanol–water partition coefficient (Wildman–Crippen LogP) is 4.03. The van der Waals surface area contributed by atoms with Crippen molar-refractivity contribution < 1.29 is 8.95 Å². The minimum atomic E-state index is -1.23. The van der Waals surface area contributed by atoms with E-state index in [1.165, 1.54) is 15.3 Å². The van der Waals surface area contributed by atoms with E-state index in [0.717, 1.165) is 23.3 Å². The first-order chi connectivity index (χ1) is 17.9. The molecule has 10 nitrogen and oxygen atoms in total. The van der Waals surface area contributed by atoms with Crippen molar-refractivity contribution in [1.82, 2.24) is 28.7 Å². The second-order valence-corrected chi connectivity index (χ2v) is 11.7. The highest BCUT2D eigenvalue weighted by atomic mass is 33.1. The third kappa shape index (κ3) is 5.45. The number of aryl methyl sites for hydroxylation is 2. The normalized spacial score (nSPS) is 14.6. The van der Waals surface area contributed by atoms with Crippen molar-refractivity contribution >= 4 is 49.1 Å². The van der Waals surface area contributed by atoms with Crippen molar-refractivity contribution in [1.29, 1.82) is 0 Å². The molecule has 0 radical (unpaired) electrons. The fraction of sp³-hybridized carbons (Fsp3) is 0.440. The monoisotopic (exact) mass is 543 g/mol. The van der Waals surface area contributed by atoms with E-state index in [1.54, 1.807) is 22.3 Å². The summed E-state index contributed by atoms with van der Waals surface area (Å²) in [6.45, 7) is 8.76. The molecule has 1 unspecified atom stereocenters. The number of ether oxygens (including phenoxy) is 1. The average Bonchev–Trinajstić information content (AvgIpc) is 3.56. The maximum atomic E-state index is 13.5. The van der Waals surface area contributed by atoms with Gasteiger partial charge in [-0.3, -0.25) is 9.13 Å².